The second-order valence-corrected chi connectivity index (χ2v) is 6.98. The molecule has 0 fully saturated rings. The Morgan fingerprint density at radius 2 is 1.82 bits per heavy atom. The summed E-state index contributed by atoms with van der Waals surface area (Å²) in [5, 5.41) is 4.42. The van der Waals surface area contributed by atoms with Gasteiger partial charge in [0.05, 0.1) is 17.3 Å². The maximum atomic E-state index is 13.1. The molecule has 5 heteroatoms. The van der Waals surface area contributed by atoms with Crippen LogP contribution in [0.2, 0.25) is 5.02 Å². The van der Waals surface area contributed by atoms with E-state index in [0.29, 0.717) is 21.9 Å². The molecule has 4 aromatic rings. The molecule has 1 N–H and O–H groups in total. The van der Waals surface area contributed by atoms with Gasteiger partial charge in [0.1, 0.15) is 0 Å². The fourth-order valence-electron chi connectivity index (χ4n) is 3.14. The number of nitrogens with one attached hydrogen (secondary N) is 1. The van der Waals surface area contributed by atoms with Crippen molar-refractivity contribution in [1.82, 2.24) is 15.3 Å². The highest BCUT2D eigenvalue weighted by atomic mass is 35.5. The average molecular weight is 388 g/mol. The number of fused-ring (bicyclic) bond motifs is 1. The zero-order valence-corrected chi connectivity index (χ0v) is 16.0. The van der Waals surface area contributed by atoms with Crippen molar-refractivity contribution in [2.45, 2.75) is 13.0 Å². The van der Waals surface area contributed by atoms with Crippen molar-refractivity contribution in [2.75, 3.05) is 0 Å². The van der Waals surface area contributed by atoms with Crippen LogP contribution in [-0.2, 0) is 0 Å². The first-order chi connectivity index (χ1) is 13.6. The van der Waals surface area contributed by atoms with Gasteiger partial charge in [0, 0.05) is 22.2 Å². The number of aromatic nitrogens is 2. The van der Waals surface area contributed by atoms with Gasteiger partial charge in [-0.2, -0.15) is 0 Å². The minimum absolute atomic E-state index is 0.176. The first-order valence-corrected chi connectivity index (χ1v) is 9.37. The third-order valence-corrected chi connectivity index (χ3v) is 4.83. The van der Waals surface area contributed by atoms with Crippen molar-refractivity contribution in [3.05, 3.63) is 95.1 Å². The molecule has 0 saturated carbocycles. The molecule has 1 amide bonds. The van der Waals surface area contributed by atoms with E-state index < -0.39 is 0 Å². The maximum absolute atomic E-state index is 13.1. The molecule has 0 saturated heterocycles. The van der Waals surface area contributed by atoms with Gasteiger partial charge in [-0.1, -0.05) is 54.1 Å². The van der Waals surface area contributed by atoms with Crippen molar-refractivity contribution in [3.8, 4) is 11.3 Å². The minimum Gasteiger partial charge on any atom is -0.345 e. The van der Waals surface area contributed by atoms with E-state index in [4.69, 9.17) is 11.6 Å². The molecule has 4 nitrogen and oxygen atoms in total. The fourth-order valence-corrected chi connectivity index (χ4v) is 3.33. The Labute approximate surface area is 168 Å². The zero-order chi connectivity index (χ0) is 19.5. The maximum Gasteiger partial charge on any atom is 0.252 e. The molecule has 4 rings (SSSR count). The molecule has 0 aliphatic carbocycles. The number of carbonyl (C=O) groups is 1. The van der Waals surface area contributed by atoms with Gasteiger partial charge in [0.2, 0.25) is 0 Å². The molecule has 0 spiro atoms. The molecule has 0 radical (unpaired) electrons. The van der Waals surface area contributed by atoms with Gasteiger partial charge in [-0.15, -0.1) is 0 Å². The van der Waals surface area contributed by atoms with Gasteiger partial charge in [-0.25, -0.2) is 9.97 Å². The zero-order valence-electron chi connectivity index (χ0n) is 15.3. The topological polar surface area (TPSA) is 54.9 Å². The van der Waals surface area contributed by atoms with Crippen LogP contribution in [-0.4, -0.2) is 15.9 Å². The van der Waals surface area contributed by atoms with E-state index in [2.05, 4.69) is 15.3 Å². The highest BCUT2D eigenvalue weighted by molar-refractivity contribution is 6.30. The first kappa shape index (κ1) is 18.1. The van der Waals surface area contributed by atoms with Gasteiger partial charge in [0.15, 0.2) is 5.65 Å². The SMILES string of the molecule is CC(NC(=O)c1cc(-c2ccccc2)nc2ncccc12)c1cccc(Cl)c1. The Morgan fingerprint density at radius 3 is 2.61 bits per heavy atom. The Morgan fingerprint density at radius 1 is 1.00 bits per heavy atom. The van der Waals surface area contributed by atoms with Crippen molar-refractivity contribution in [3.63, 3.8) is 0 Å². The Bertz CT molecular complexity index is 1140. The summed E-state index contributed by atoms with van der Waals surface area (Å²) in [7, 11) is 0. The van der Waals surface area contributed by atoms with Gasteiger partial charge < -0.3 is 5.32 Å². The first-order valence-electron chi connectivity index (χ1n) is 8.99. The highest BCUT2D eigenvalue weighted by Crippen LogP contribution is 2.25. The number of benzene rings is 2. The minimum atomic E-state index is -0.189. The lowest BCUT2D eigenvalue weighted by Gasteiger charge is -2.16. The summed E-state index contributed by atoms with van der Waals surface area (Å²) < 4.78 is 0. The lowest BCUT2D eigenvalue weighted by Crippen LogP contribution is -2.27. The summed E-state index contributed by atoms with van der Waals surface area (Å²) in [5.41, 5.74) is 3.69. The Kier molecular flexibility index (Phi) is 5.04. The normalized spacial score (nSPS) is 11.9. The summed E-state index contributed by atoms with van der Waals surface area (Å²) in [6.07, 6.45) is 1.68. The number of nitrogens with zero attached hydrogens (tertiary/aromatic N) is 2. The highest BCUT2D eigenvalue weighted by Gasteiger charge is 2.17. The van der Waals surface area contributed by atoms with Crippen molar-refractivity contribution in [2.24, 2.45) is 0 Å². The van der Waals surface area contributed by atoms with E-state index in [1.807, 2.05) is 79.7 Å². The molecule has 1 unspecified atom stereocenters. The van der Waals surface area contributed by atoms with E-state index in [1.54, 1.807) is 6.20 Å². The van der Waals surface area contributed by atoms with Gasteiger partial charge >= 0.3 is 0 Å². The summed E-state index contributed by atoms with van der Waals surface area (Å²) in [5.74, 6) is -0.176. The Hall–Kier alpha value is -3.24. The monoisotopic (exact) mass is 387 g/mol. The third-order valence-electron chi connectivity index (χ3n) is 4.59. The second kappa shape index (κ2) is 7.79. The number of amides is 1. The van der Waals surface area contributed by atoms with Crippen LogP contribution < -0.4 is 5.32 Å². The standard InChI is InChI=1S/C23H18ClN3O/c1-15(17-9-5-10-18(24)13-17)26-23(28)20-14-21(16-7-3-2-4-8-16)27-22-19(20)11-6-12-25-22/h2-15H,1H3,(H,26,28). The Balaban J connectivity index is 1.73. The average Bonchev–Trinajstić information content (AvgIpc) is 2.73. The largest absolute Gasteiger partial charge is 0.345 e. The van der Waals surface area contributed by atoms with Crippen LogP contribution in [0, 0.1) is 0 Å². The molecule has 138 valence electrons. The van der Waals surface area contributed by atoms with Crippen molar-refractivity contribution < 1.29 is 4.79 Å². The van der Waals surface area contributed by atoms with Crippen LogP contribution in [0.15, 0.2) is 79.0 Å². The van der Waals surface area contributed by atoms with E-state index in [1.165, 1.54) is 0 Å². The van der Waals surface area contributed by atoms with E-state index >= 15 is 0 Å². The van der Waals surface area contributed by atoms with Crippen LogP contribution in [0.1, 0.15) is 28.9 Å². The molecule has 0 aliphatic heterocycles. The van der Waals surface area contributed by atoms with Gasteiger partial charge in [-0.05, 0) is 42.8 Å². The number of carbonyl (C=O) groups excluding carboxylic acids is 1. The van der Waals surface area contributed by atoms with Gasteiger partial charge in [-0.3, -0.25) is 4.79 Å². The van der Waals surface area contributed by atoms with Crippen LogP contribution in [0.5, 0.6) is 0 Å². The quantitative estimate of drug-likeness (QED) is 0.507. The van der Waals surface area contributed by atoms with E-state index in [-0.39, 0.29) is 11.9 Å². The molecule has 0 aliphatic rings. The number of hydrogen-bond acceptors (Lipinski definition) is 3. The molecule has 28 heavy (non-hydrogen) atoms. The summed E-state index contributed by atoms with van der Waals surface area (Å²) >= 11 is 6.08. The summed E-state index contributed by atoms with van der Waals surface area (Å²) in [4.78, 5) is 22.1. The van der Waals surface area contributed by atoms with Crippen LogP contribution in [0.25, 0.3) is 22.3 Å². The van der Waals surface area contributed by atoms with Gasteiger partial charge in [0.25, 0.3) is 5.91 Å². The molecule has 2 heterocycles. The van der Waals surface area contributed by atoms with Crippen molar-refractivity contribution >= 4 is 28.5 Å². The van der Waals surface area contributed by atoms with Crippen LogP contribution in [0.4, 0.5) is 0 Å². The predicted molar refractivity (Wildman–Crippen MR) is 112 cm³/mol. The lowest BCUT2D eigenvalue weighted by atomic mass is 10.0. The number of pyridine rings is 2. The molecule has 2 aromatic carbocycles. The van der Waals surface area contributed by atoms with E-state index in [9.17, 15) is 4.79 Å². The second-order valence-electron chi connectivity index (χ2n) is 6.55. The summed E-state index contributed by atoms with van der Waals surface area (Å²) in [6, 6.07) is 22.6. The fraction of sp³-hybridized carbons (Fsp3) is 0.0870. The summed E-state index contributed by atoms with van der Waals surface area (Å²) in [6.45, 7) is 1.93. The molecular formula is C23H18ClN3O. The molecular weight excluding hydrogens is 370 g/mol. The van der Waals surface area contributed by atoms with Crippen molar-refractivity contribution in [1.29, 1.82) is 0 Å². The van der Waals surface area contributed by atoms with Crippen LogP contribution >= 0.6 is 11.6 Å². The lowest BCUT2D eigenvalue weighted by molar-refractivity contribution is 0.0941. The van der Waals surface area contributed by atoms with E-state index in [0.717, 1.165) is 16.5 Å². The molecule has 0 bridgehead atoms. The number of hydrogen-bond donors (Lipinski definition) is 1. The molecule has 2 aromatic heterocycles. The predicted octanol–water partition coefficient (Wildman–Crippen LogP) is 5.44. The number of rotatable bonds is 4. The molecule has 1 atom stereocenters. The van der Waals surface area contributed by atoms with Crippen LogP contribution in [0.3, 0.4) is 0 Å². The number of halogens is 1. The third kappa shape index (κ3) is 3.73. The smallest absolute Gasteiger partial charge is 0.252 e.